The SMILES string of the molecule is O=C(O)/C=C\C(=O)C1=C(O)c2ccccc2C(=O)C1=O. The molecule has 0 aliphatic heterocycles. The van der Waals surface area contributed by atoms with Gasteiger partial charge in [0.2, 0.25) is 11.6 Å². The van der Waals surface area contributed by atoms with Crippen molar-refractivity contribution in [2.45, 2.75) is 0 Å². The van der Waals surface area contributed by atoms with Crippen LogP contribution in [0.2, 0.25) is 0 Å². The Morgan fingerprint density at radius 3 is 2.15 bits per heavy atom. The second-order valence-corrected chi connectivity index (χ2v) is 3.96. The van der Waals surface area contributed by atoms with Gasteiger partial charge < -0.3 is 10.2 Å². The summed E-state index contributed by atoms with van der Waals surface area (Å²) in [6, 6.07) is 5.81. The molecule has 0 spiro atoms. The van der Waals surface area contributed by atoms with Crippen LogP contribution in [0.4, 0.5) is 0 Å². The van der Waals surface area contributed by atoms with Crippen LogP contribution in [0.3, 0.4) is 0 Å². The van der Waals surface area contributed by atoms with Crippen molar-refractivity contribution < 1.29 is 29.4 Å². The Morgan fingerprint density at radius 2 is 1.55 bits per heavy atom. The van der Waals surface area contributed by atoms with E-state index < -0.39 is 34.7 Å². The fourth-order valence-electron chi connectivity index (χ4n) is 1.82. The number of hydrogen-bond acceptors (Lipinski definition) is 5. The normalized spacial score (nSPS) is 14.6. The highest BCUT2D eigenvalue weighted by Gasteiger charge is 2.35. The molecule has 0 bridgehead atoms. The molecule has 0 saturated carbocycles. The predicted molar refractivity (Wildman–Crippen MR) is 67.1 cm³/mol. The lowest BCUT2D eigenvalue weighted by Gasteiger charge is -2.15. The maximum Gasteiger partial charge on any atom is 0.328 e. The summed E-state index contributed by atoms with van der Waals surface area (Å²) in [7, 11) is 0. The van der Waals surface area contributed by atoms with Crippen molar-refractivity contribution in [3.63, 3.8) is 0 Å². The largest absolute Gasteiger partial charge is 0.506 e. The number of carboxylic acids is 1. The number of Topliss-reactive ketones (excluding diaryl/α,β-unsaturated/α-hetero) is 2. The number of allylic oxidation sites excluding steroid dienone is 2. The second-order valence-electron chi connectivity index (χ2n) is 3.96. The first-order valence-corrected chi connectivity index (χ1v) is 5.50. The Morgan fingerprint density at radius 1 is 0.950 bits per heavy atom. The lowest BCUT2D eigenvalue weighted by atomic mass is 9.86. The third-order valence-electron chi connectivity index (χ3n) is 2.72. The maximum atomic E-state index is 11.8. The molecule has 0 atom stereocenters. The third kappa shape index (κ3) is 2.14. The van der Waals surface area contributed by atoms with Crippen LogP contribution >= 0.6 is 0 Å². The van der Waals surface area contributed by atoms with Crippen LogP contribution in [0, 0.1) is 0 Å². The first-order chi connectivity index (χ1) is 9.43. The van der Waals surface area contributed by atoms with Gasteiger partial charge in [-0.3, -0.25) is 14.4 Å². The molecule has 0 aromatic heterocycles. The number of benzene rings is 1. The van der Waals surface area contributed by atoms with Gasteiger partial charge >= 0.3 is 5.97 Å². The Kier molecular flexibility index (Phi) is 3.30. The van der Waals surface area contributed by atoms with Crippen LogP contribution in [0.15, 0.2) is 42.0 Å². The zero-order valence-corrected chi connectivity index (χ0v) is 9.99. The van der Waals surface area contributed by atoms with E-state index in [4.69, 9.17) is 5.11 Å². The third-order valence-corrected chi connectivity index (χ3v) is 2.72. The van der Waals surface area contributed by atoms with Gasteiger partial charge in [-0.15, -0.1) is 0 Å². The zero-order valence-electron chi connectivity index (χ0n) is 9.99. The average molecular weight is 272 g/mol. The molecule has 6 nitrogen and oxygen atoms in total. The summed E-state index contributed by atoms with van der Waals surface area (Å²) in [5.41, 5.74) is -0.635. The summed E-state index contributed by atoms with van der Waals surface area (Å²) in [5, 5.41) is 18.4. The van der Waals surface area contributed by atoms with Crippen molar-refractivity contribution in [1.29, 1.82) is 0 Å². The summed E-state index contributed by atoms with van der Waals surface area (Å²) < 4.78 is 0. The molecular weight excluding hydrogens is 264 g/mol. The van der Waals surface area contributed by atoms with Crippen LogP contribution in [0.5, 0.6) is 0 Å². The van der Waals surface area contributed by atoms with E-state index in [-0.39, 0.29) is 11.1 Å². The molecule has 0 saturated heterocycles. The number of hydrogen-bond donors (Lipinski definition) is 2. The van der Waals surface area contributed by atoms with E-state index in [2.05, 4.69) is 0 Å². The van der Waals surface area contributed by atoms with Gasteiger partial charge in [0.1, 0.15) is 11.3 Å². The first kappa shape index (κ1) is 13.4. The lowest BCUT2D eigenvalue weighted by molar-refractivity contribution is -0.131. The topological polar surface area (TPSA) is 109 Å². The van der Waals surface area contributed by atoms with Gasteiger partial charge in [-0.05, 0) is 6.08 Å². The zero-order chi connectivity index (χ0) is 14.9. The summed E-state index contributed by atoms with van der Waals surface area (Å²) in [4.78, 5) is 45.7. The fraction of sp³-hybridized carbons (Fsp3) is 0. The van der Waals surface area contributed by atoms with Crippen molar-refractivity contribution >= 4 is 29.1 Å². The number of carbonyl (C=O) groups is 4. The van der Waals surface area contributed by atoms with E-state index in [1.54, 1.807) is 0 Å². The van der Waals surface area contributed by atoms with Crippen molar-refractivity contribution in [3.05, 3.63) is 53.1 Å². The Hall–Kier alpha value is -3.02. The van der Waals surface area contributed by atoms with Gasteiger partial charge in [0.15, 0.2) is 5.78 Å². The second kappa shape index (κ2) is 4.93. The molecule has 1 aliphatic carbocycles. The molecule has 1 aromatic carbocycles. The lowest BCUT2D eigenvalue weighted by Crippen LogP contribution is -2.27. The molecule has 1 aliphatic rings. The molecule has 0 heterocycles. The smallest absolute Gasteiger partial charge is 0.328 e. The minimum absolute atomic E-state index is 0.00811. The molecule has 2 N–H and O–H groups in total. The van der Waals surface area contributed by atoms with Crippen LogP contribution in [0.1, 0.15) is 15.9 Å². The maximum absolute atomic E-state index is 11.8. The standard InChI is InChI=1S/C14H8O6/c15-9(5-6-10(16)17)11-12(18)7-3-1-2-4-8(7)13(19)14(11)20/h1-6,18H,(H,16,17)/b6-5-. The number of aliphatic hydroxyl groups excluding tert-OH is 1. The average Bonchev–Trinajstić information content (AvgIpc) is 2.43. The Bertz CT molecular complexity index is 708. The minimum Gasteiger partial charge on any atom is -0.506 e. The first-order valence-electron chi connectivity index (χ1n) is 5.50. The number of carboxylic acid groups (broad SMARTS) is 1. The quantitative estimate of drug-likeness (QED) is 0.481. The van der Waals surface area contributed by atoms with E-state index in [1.807, 2.05) is 0 Å². The van der Waals surface area contributed by atoms with Crippen molar-refractivity contribution in [3.8, 4) is 0 Å². The Labute approximate surface area is 112 Å². The van der Waals surface area contributed by atoms with E-state index >= 15 is 0 Å². The summed E-state index contributed by atoms with van der Waals surface area (Å²) in [6.45, 7) is 0. The van der Waals surface area contributed by atoms with E-state index in [0.717, 1.165) is 0 Å². The monoisotopic (exact) mass is 272 g/mol. The van der Waals surface area contributed by atoms with Crippen LogP contribution in [-0.2, 0) is 14.4 Å². The van der Waals surface area contributed by atoms with Gasteiger partial charge in [-0.2, -0.15) is 0 Å². The van der Waals surface area contributed by atoms with Gasteiger partial charge in [0.05, 0.1) is 0 Å². The molecule has 0 fully saturated rings. The van der Waals surface area contributed by atoms with Crippen molar-refractivity contribution in [2.75, 3.05) is 0 Å². The van der Waals surface area contributed by atoms with Gasteiger partial charge in [0, 0.05) is 17.2 Å². The Balaban J connectivity index is 2.58. The van der Waals surface area contributed by atoms with Gasteiger partial charge in [-0.25, -0.2) is 4.79 Å². The fourth-order valence-corrected chi connectivity index (χ4v) is 1.82. The highest BCUT2D eigenvalue weighted by molar-refractivity contribution is 6.58. The highest BCUT2D eigenvalue weighted by Crippen LogP contribution is 2.28. The van der Waals surface area contributed by atoms with E-state index in [9.17, 15) is 24.3 Å². The molecule has 20 heavy (non-hydrogen) atoms. The van der Waals surface area contributed by atoms with Gasteiger partial charge in [0.25, 0.3) is 0 Å². The molecule has 2 rings (SSSR count). The molecule has 1 aromatic rings. The molecule has 0 radical (unpaired) electrons. The summed E-state index contributed by atoms with van der Waals surface area (Å²) in [6.07, 6.45) is 1.15. The predicted octanol–water partition coefficient (Wildman–Crippen LogP) is 0.931. The van der Waals surface area contributed by atoms with Crippen molar-refractivity contribution in [1.82, 2.24) is 0 Å². The highest BCUT2D eigenvalue weighted by atomic mass is 16.4. The van der Waals surface area contributed by atoms with Gasteiger partial charge in [-0.1, -0.05) is 24.3 Å². The molecule has 100 valence electrons. The van der Waals surface area contributed by atoms with Crippen LogP contribution in [0.25, 0.3) is 5.76 Å². The summed E-state index contributed by atoms with van der Waals surface area (Å²) in [5.74, 6) is -5.09. The molecule has 6 heteroatoms. The van der Waals surface area contributed by atoms with E-state index in [0.29, 0.717) is 12.2 Å². The number of carbonyl (C=O) groups excluding carboxylic acids is 3. The number of fused-ring (bicyclic) bond motifs is 1. The number of aliphatic hydroxyl groups is 1. The number of aliphatic carboxylic acids is 1. The van der Waals surface area contributed by atoms with E-state index in [1.165, 1.54) is 24.3 Å². The summed E-state index contributed by atoms with van der Waals surface area (Å²) >= 11 is 0. The molecular formula is C14H8O6. The van der Waals surface area contributed by atoms with Crippen molar-refractivity contribution in [2.24, 2.45) is 0 Å². The minimum atomic E-state index is -1.38. The molecule has 0 unspecified atom stereocenters. The molecule has 0 amide bonds. The number of ketones is 3. The number of rotatable bonds is 3. The van der Waals surface area contributed by atoms with Crippen LogP contribution < -0.4 is 0 Å². The van der Waals surface area contributed by atoms with Crippen LogP contribution in [-0.4, -0.2) is 33.5 Å².